The average Bonchev–Trinajstić information content (AvgIpc) is 2.97. The highest BCUT2D eigenvalue weighted by atomic mass is 16.5. The number of nitrogens with zero attached hydrogens (tertiary/aromatic N) is 4. The molecule has 0 atom stereocenters. The van der Waals surface area contributed by atoms with Crippen LogP contribution >= 0.6 is 0 Å². The van der Waals surface area contributed by atoms with Crippen LogP contribution in [0, 0.1) is 6.92 Å². The molecule has 0 saturated carbocycles. The molecular weight excluding hydrogens is 252 g/mol. The van der Waals surface area contributed by atoms with Crippen molar-refractivity contribution in [1.82, 2.24) is 20.2 Å². The number of hydrogen-bond donors (Lipinski definition) is 0. The zero-order chi connectivity index (χ0) is 13.8. The lowest BCUT2D eigenvalue weighted by atomic mass is 10.3. The summed E-state index contributed by atoms with van der Waals surface area (Å²) in [5.74, 6) is 0.0724. The smallest absolute Gasteiger partial charge is 0.360 e. The van der Waals surface area contributed by atoms with Gasteiger partial charge in [-0.15, -0.1) is 5.10 Å². The van der Waals surface area contributed by atoms with E-state index < -0.39 is 5.97 Å². The molecule has 8 heteroatoms. The first-order valence-electron chi connectivity index (χ1n) is 5.57. The first-order valence-corrected chi connectivity index (χ1v) is 5.57. The van der Waals surface area contributed by atoms with Crippen LogP contribution in [0.5, 0.6) is 0 Å². The van der Waals surface area contributed by atoms with E-state index in [0.29, 0.717) is 18.0 Å². The predicted octanol–water partition coefficient (Wildman–Crippen LogP) is 0.556. The molecule has 0 bridgehead atoms. The van der Waals surface area contributed by atoms with Gasteiger partial charge in [0.2, 0.25) is 0 Å². The molecule has 0 fully saturated rings. The molecule has 2 heterocycles. The van der Waals surface area contributed by atoms with E-state index in [1.165, 1.54) is 18.9 Å². The Bertz CT molecular complexity index is 575. The van der Waals surface area contributed by atoms with Crippen LogP contribution in [0.15, 0.2) is 10.6 Å². The minimum Gasteiger partial charge on any atom is -0.464 e. The van der Waals surface area contributed by atoms with Crippen LogP contribution in [0.3, 0.4) is 0 Å². The fourth-order valence-corrected chi connectivity index (χ4v) is 1.63. The van der Waals surface area contributed by atoms with Gasteiger partial charge in [0.05, 0.1) is 25.1 Å². The molecule has 19 heavy (non-hydrogen) atoms. The lowest BCUT2D eigenvalue weighted by molar-refractivity contribution is 0.0588. The molecule has 0 N–H and O–H groups in total. The Balaban J connectivity index is 2.29. The minimum atomic E-state index is -0.549. The summed E-state index contributed by atoms with van der Waals surface area (Å²) in [5, 5.41) is 11.5. The number of rotatable bonds is 5. The molecule has 0 spiro atoms. The largest absolute Gasteiger partial charge is 0.464 e. The third kappa shape index (κ3) is 2.79. The second kappa shape index (κ2) is 5.61. The Morgan fingerprint density at radius 1 is 1.47 bits per heavy atom. The number of carbonyl (C=O) groups is 1. The van der Waals surface area contributed by atoms with E-state index >= 15 is 0 Å². The van der Waals surface area contributed by atoms with Crippen molar-refractivity contribution in [3.8, 4) is 0 Å². The van der Waals surface area contributed by atoms with E-state index in [1.807, 2.05) is 6.92 Å². The molecule has 0 radical (unpaired) electrons. The first kappa shape index (κ1) is 13.2. The zero-order valence-electron chi connectivity index (χ0n) is 10.9. The van der Waals surface area contributed by atoms with Gasteiger partial charge in [0.15, 0.2) is 11.5 Å². The van der Waals surface area contributed by atoms with Gasteiger partial charge in [0.1, 0.15) is 6.54 Å². The maximum atomic E-state index is 11.5. The summed E-state index contributed by atoms with van der Waals surface area (Å²) in [6.07, 6.45) is 0. The van der Waals surface area contributed by atoms with Crippen molar-refractivity contribution in [2.24, 2.45) is 0 Å². The normalized spacial score (nSPS) is 10.7. The SMILES string of the molecule is COCc1c(C(=O)OC)nnn1Cc1cc(C)no1. The number of ether oxygens (including phenoxy) is 2. The van der Waals surface area contributed by atoms with E-state index in [9.17, 15) is 4.79 Å². The molecule has 0 aliphatic rings. The van der Waals surface area contributed by atoms with E-state index in [2.05, 4.69) is 20.2 Å². The monoisotopic (exact) mass is 266 g/mol. The Kier molecular flexibility index (Phi) is 3.91. The van der Waals surface area contributed by atoms with E-state index in [1.54, 1.807) is 6.07 Å². The van der Waals surface area contributed by atoms with Crippen LogP contribution in [-0.4, -0.2) is 40.3 Å². The van der Waals surface area contributed by atoms with Gasteiger partial charge in [-0.2, -0.15) is 0 Å². The fraction of sp³-hybridized carbons (Fsp3) is 0.455. The van der Waals surface area contributed by atoms with Crippen molar-refractivity contribution < 1.29 is 18.8 Å². The average molecular weight is 266 g/mol. The quantitative estimate of drug-likeness (QED) is 0.730. The number of aryl methyl sites for hydroxylation is 1. The summed E-state index contributed by atoms with van der Waals surface area (Å²) in [7, 11) is 2.81. The zero-order valence-corrected chi connectivity index (χ0v) is 10.9. The summed E-state index contributed by atoms with van der Waals surface area (Å²) in [5.41, 5.74) is 1.44. The van der Waals surface area contributed by atoms with Gasteiger partial charge in [-0.3, -0.25) is 0 Å². The van der Waals surface area contributed by atoms with Crippen molar-refractivity contribution in [3.63, 3.8) is 0 Å². The standard InChI is InChI=1S/C11H14N4O4/c1-7-4-8(19-13-7)5-15-9(6-17-2)10(12-14-15)11(16)18-3/h4H,5-6H2,1-3H3. The highest BCUT2D eigenvalue weighted by molar-refractivity contribution is 5.88. The lowest BCUT2D eigenvalue weighted by Gasteiger charge is -2.04. The maximum Gasteiger partial charge on any atom is 0.360 e. The van der Waals surface area contributed by atoms with E-state index in [0.717, 1.165) is 5.69 Å². The number of esters is 1. The number of carbonyl (C=O) groups excluding carboxylic acids is 1. The highest BCUT2D eigenvalue weighted by Crippen LogP contribution is 2.12. The van der Waals surface area contributed by atoms with Crippen molar-refractivity contribution in [3.05, 3.63) is 28.9 Å². The van der Waals surface area contributed by atoms with Crippen molar-refractivity contribution in [2.45, 2.75) is 20.1 Å². The molecule has 0 unspecified atom stereocenters. The second-order valence-electron chi connectivity index (χ2n) is 3.90. The first-order chi connectivity index (χ1) is 9.15. The molecule has 0 saturated heterocycles. The molecule has 2 rings (SSSR count). The van der Waals surface area contributed by atoms with Gasteiger partial charge >= 0.3 is 5.97 Å². The Morgan fingerprint density at radius 2 is 2.26 bits per heavy atom. The number of methoxy groups -OCH3 is 2. The highest BCUT2D eigenvalue weighted by Gasteiger charge is 2.20. The third-order valence-electron chi connectivity index (χ3n) is 2.48. The molecule has 0 aromatic carbocycles. The lowest BCUT2D eigenvalue weighted by Crippen LogP contribution is -2.11. The van der Waals surface area contributed by atoms with Crippen LogP contribution in [0.4, 0.5) is 0 Å². The third-order valence-corrected chi connectivity index (χ3v) is 2.48. The number of hydrogen-bond acceptors (Lipinski definition) is 7. The van der Waals surface area contributed by atoms with Crippen molar-refractivity contribution >= 4 is 5.97 Å². The molecule has 0 aliphatic heterocycles. The van der Waals surface area contributed by atoms with Gasteiger partial charge in [-0.25, -0.2) is 9.48 Å². The van der Waals surface area contributed by atoms with Gasteiger partial charge in [0.25, 0.3) is 0 Å². The maximum absolute atomic E-state index is 11.5. The summed E-state index contributed by atoms with van der Waals surface area (Å²) in [4.78, 5) is 11.5. The molecule has 2 aromatic rings. The van der Waals surface area contributed by atoms with Crippen LogP contribution < -0.4 is 0 Å². The van der Waals surface area contributed by atoms with Crippen LogP contribution in [0.2, 0.25) is 0 Å². The Morgan fingerprint density at radius 3 is 2.84 bits per heavy atom. The van der Waals surface area contributed by atoms with Crippen LogP contribution in [0.25, 0.3) is 0 Å². The van der Waals surface area contributed by atoms with Gasteiger partial charge in [-0.05, 0) is 6.92 Å². The van der Waals surface area contributed by atoms with Crippen molar-refractivity contribution in [1.29, 1.82) is 0 Å². The van der Waals surface area contributed by atoms with Gasteiger partial charge < -0.3 is 14.0 Å². The molecule has 0 aliphatic carbocycles. The molecule has 102 valence electrons. The molecule has 0 amide bonds. The predicted molar refractivity (Wildman–Crippen MR) is 62.4 cm³/mol. The van der Waals surface area contributed by atoms with E-state index in [4.69, 9.17) is 9.26 Å². The molecule has 2 aromatic heterocycles. The Hall–Kier alpha value is -2.22. The number of aromatic nitrogens is 4. The van der Waals surface area contributed by atoms with E-state index in [-0.39, 0.29) is 12.3 Å². The topological polar surface area (TPSA) is 92.3 Å². The summed E-state index contributed by atoms with van der Waals surface area (Å²) in [6, 6.07) is 1.79. The summed E-state index contributed by atoms with van der Waals surface area (Å²) in [6.45, 7) is 2.35. The minimum absolute atomic E-state index is 0.139. The van der Waals surface area contributed by atoms with Crippen LogP contribution in [0.1, 0.15) is 27.6 Å². The summed E-state index contributed by atoms with van der Waals surface area (Å²) >= 11 is 0. The summed E-state index contributed by atoms with van der Waals surface area (Å²) < 4.78 is 16.3. The Labute approximate surface area is 109 Å². The fourth-order valence-electron chi connectivity index (χ4n) is 1.63. The molecular formula is C11H14N4O4. The second-order valence-corrected chi connectivity index (χ2v) is 3.90. The molecule has 8 nitrogen and oxygen atoms in total. The van der Waals surface area contributed by atoms with Gasteiger partial charge in [-0.1, -0.05) is 10.4 Å². The van der Waals surface area contributed by atoms with Crippen molar-refractivity contribution in [2.75, 3.05) is 14.2 Å². The van der Waals surface area contributed by atoms with Gasteiger partial charge in [0, 0.05) is 13.2 Å². The van der Waals surface area contributed by atoms with Crippen LogP contribution in [-0.2, 0) is 22.6 Å².